The number of hydrazone groups is 2. The molecule has 16 heteroatoms. The highest BCUT2D eigenvalue weighted by Crippen LogP contribution is 2.39. The van der Waals surface area contributed by atoms with Crippen molar-refractivity contribution >= 4 is 57.9 Å². The van der Waals surface area contributed by atoms with Gasteiger partial charge in [-0.3, -0.25) is 9.59 Å². The van der Waals surface area contributed by atoms with Crippen LogP contribution >= 0.6 is 0 Å². The number of esters is 2. The Bertz CT molecular complexity index is 2170. The molecule has 2 aliphatic rings. The minimum atomic E-state index is -1.34. The molecule has 53 heavy (non-hydrogen) atoms. The van der Waals surface area contributed by atoms with Gasteiger partial charge in [-0.05, 0) is 61.0 Å². The first-order chi connectivity index (χ1) is 25.8. The number of carbonyl (C=O) groups excluding carboxylic acids is 4. The Balaban J connectivity index is 1.24. The van der Waals surface area contributed by atoms with Crippen molar-refractivity contribution in [2.75, 3.05) is 38.0 Å². The number of anilines is 2. The van der Waals surface area contributed by atoms with E-state index in [2.05, 4.69) is 30.7 Å². The van der Waals surface area contributed by atoms with Crippen LogP contribution in [-0.2, 0) is 28.7 Å². The number of amides is 2. The topological polar surface area (TPSA) is 186 Å². The summed E-state index contributed by atoms with van der Waals surface area (Å²) in [6, 6.07) is 24.7. The van der Waals surface area contributed by atoms with Crippen LogP contribution in [0.15, 0.2) is 128 Å². The van der Waals surface area contributed by atoms with Crippen molar-refractivity contribution in [3.05, 3.63) is 97.1 Å². The number of carbonyl (C=O) groups is 4. The van der Waals surface area contributed by atoms with Gasteiger partial charge < -0.3 is 18.9 Å². The standard InChI is InChI=1S/C37H32N8O8/c1-5-53-37(49)33-31(35(47)45(43-33)25-14-10-7-11-15-25)40-38-23-17-18-26(28(21-23)50-2)22-16-19-27(29(20-22)51-3)39-41-30-32(36(48)52-4)42-44(34(30)46)24-12-8-6-9-13-24/h6-21,30-31H,5H2,1-4H3. The maximum absolute atomic E-state index is 13.3. The molecule has 0 radical (unpaired) electrons. The second-order valence-corrected chi connectivity index (χ2v) is 11.2. The quantitative estimate of drug-likeness (QED) is 0.130. The molecule has 2 aliphatic heterocycles. The molecule has 4 aromatic carbocycles. The number of rotatable bonds is 12. The monoisotopic (exact) mass is 716 g/mol. The first-order valence-electron chi connectivity index (χ1n) is 16.2. The van der Waals surface area contributed by atoms with E-state index in [-0.39, 0.29) is 23.7 Å². The molecular weight excluding hydrogens is 684 g/mol. The zero-order valence-electron chi connectivity index (χ0n) is 28.9. The molecule has 6 rings (SSSR count). The number of hydrogen-bond donors (Lipinski definition) is 0. The highest BCUT2D eigenvalue weighted by atomic mass is 16.5. The van der Waals surface area contributed by atoms with Crippen LogP contribution in [-0.4, -0.2) is 75.2 Å². The van der Waals surface area contributed by atoms with Crippen LogP contribution in [0.5, 0.6) is 11.5 Å². The molecule has 0 aromatic heterocycles. The van der Waals surface area contributed by atoms with Crippen molar-refractivity contribution < 1.29 is 38.1 Å². The van der Waals surface area contributed by atoms with Gasteiger partial charge in [0.2, 0.25) is 12.1 Å². The van der Waals surface area contributed by atoms with E-state index in [1.165, 1.54) is 21.3 Å². The Hall–Kier alpha value is -7.10. The second kappa shape index (κ2) is 15.8. The number of ether oxygens (including phenoxy) is 4. The first-order valence-corrected chi connectivity index (χ1v) is 16.2. The lowest BCUT2D eigenvalue weighted by Gasteiger charge is -2.13. The van der Waals surface area contributed by atoms with Gasteiger partial charge in [0.15, 0.2) is 11.4 Å². The molecule has 268 valence electrons. The van der Waals surface area contributed by atoms with E-state index in [4.69, 9.17) is 18.9 Å². The molecule has 2 unspecified atom stereocenters. The molecule has 4 aromatic rings. The lowest BCUT2D eigenvalue weighted by atomic mass is 10.0. The van der Waals surface area contributed by atoms with Crippen LogP contribution in [0.4, 0.5) is 22.7 Å². The van der Waals surface area contributed by atoms with Crippen molar-refractivity contribution in [3.63, 3.8) is 0 Å². The number of para-hydroxylation sites is 2. The minimum Gasteiger partial charge on any atom is -0.496 e. The summed E-state index contributed by atoms with van der Waals surface area (Å²) < 4.78 is 21.2. The van der Waals surface area contributed by atoms with Gasteiger partial charge in [0.1, 0.15) is 17.2 Å². The number of azo groups is 2. The lowest BCUT2D eigenvalue weighted by molar-refractivity contribution is -0.135. The van der Waals surface area contributed by atoms with Crippen molar-refractivity contribution in [2.24, 2.45) is 30.7 Å². The summed E-state index contributed by atoms with van der Waals surface area (Å²) in [5.74, 6) is -1.99. The molecular formula is C37H32N8O8. The highest BCUT2D eigenvalue weighted by Gasteiger charge is 2.43. The predicted octanol–water partition coefficient (Wildman–Crippen LogP) is 5.82. The number of methoxy groups -OCH3 is 3. The fraction of sp³-hybridized carbons (Fsp3) is 0.189. The van der Waals surface area contributed by atoms with E-state index in [9.17, 15) is 19.2 Å². The van der Waals surface area contributed by atoms with Gasteiger partial charge in [-0.25, -0.2) is 9.59 Å². The third-order valence-electron chi connectivity index (χ3n) is 7.94. The summed E-state index contributed by atoms with van der Waals surface area (Å²) in [7, 11) is 4.13. The van der Waals surface area contributed by atoms with Crippen LogP contribution < -0.4 is 19.5 Å². The fourth-order valence-electron chi connectivity index (χ4n) is 5.37. The summed E-state index contributed by atoms with van der Waals surface area (Å²) in [5, 5.41) is 27.4. The van der Waals surface area contributed by atoms with E-state index in [1.54, 1.807) is 104 Å². The minimum absolute atomic E-state index is 0.0906. The second-order valence-electron chi connectivity index (χ2n) is 11.2. The molecule has 2 amide bonds. The Kier molecular flexibility index (Phi) is 10.7. The summed E-state index contributed by atoms with van der Waals surface area (Å²) >= 11 is 0. The SMILES string of the molecule is CCOC(=O)C1=NN(c2ccccc2)C(=O)C1N=Nc1ccc(-c2ccc(N=NC3C(=O)N(c4ccccc4)N=C3C(=O)OC)c(OC)c2)c(OC)c1. The predicted molar refractivity (Wildman–Crippen MR) is 193 cm³/mol. The van der Waals surface area contributed by atoms with Gasteiger partial charge in [0.05, 0.1) is 45.0 Å². The van der Waals surface area contributed by atoms with Crippen LogP contribution in [0.2, 0.25) is 0 Å². The van der Waals surface area contributed by atoms with E-state index >= 15 is 0 Å². The molecule has 0 bridgehead atoms. The van der Waals surface area contributed by atoms with E-state index in [0.29, 0.717) is 39.7 Å². The summed E-state index contributed by atoms with van der Waals surface area (Å²) in [4.78, 5) is 51.8. The van der Waals surface area contributed by atoms with Crippen LogP contribution in [0, 0.1) is 0 Å². The highest BCUT2D eigenvalue weighted by molar-refractivity contribution is 6.46. The molecule has 0 fully saturated rings. The smallest absolute Gasteiger partial charge is 0.357 e. The molecule has 16 nitrogen and oxygen atoms in total. The van der Waals surface area contributed by atoms with E-state index < -0.39 is 35.8 Å². The van der Waals surface area contributed by atoms with Crippen LogP contribution in [0.1, 0.15) is 6.92 Å². The van der Waals surface area contributed by atoms with Gasteiger partial charge in [0.25, 0.3) is 11.8 Å². The van der Waals surface area contributed by atoms with Crippen LogP contribution in [0.3, 0.4) is 0 Å². The third-order valence-corrected chi connectivity index (χ3v) is 7.94. The fourth-order valence-corrected chi connectivity index (χ4v) is 5.37. The Morgan fingerprint density at radius 3 is 1.79 bits per heavy atom. The zero-order chi connectivity index (χ0) is 37.5. The van der Waals surface area contributed by atoms with Gasteiger partial charge >= 0.3 is 11.9 Å². The normalized spacial score (nSPS) is 17.0. The average Bonchev–Trinajstić information content (AvgIpc) is 3.71. The van der Waals surface area contributed by atoms with Gasteiger partial charge in [-0.15, -0.1) is 0 Å². The maximum Gasteiger partial charge on any atom is 0.357 e. The van der Waals surface area contributed by atoms with Crippen molar-refractivity contribution in [3.8, 4) is 22.6 Å². The summed E-state index contributed by atoms with van der Waals surface area (Å²) in [6.07, 6.45) is 0. The van der Waals surface area contributed by atoms with Crippen molar-refractivity contribution in [1.82, 2.24) is 0 Å². The lowest BCUT2D eigenvalue weighted by Crippen LogP contribution is -2.33. The van der Waals surface area contributed by atoms with Crippen molar-refractivity contribution in [2.45, 2.75) is 19.0 Å². The summed E-state index contributed by atoms with van der Waals surface area (Å²) in [5.41, 5.74) is 2.47. The molecule has 2 heterocycles. The Morgan fingerprint density at radius 1 is 0.679 bits per heavy atom. The zero-order valence-corrected chi connectivity index (χ0v) is 28.9. The Morgan fingerprint density at radius 2 is 1.25 bits per heavy atom. The van der Waals surface area contributed by atoms with E-state index in [0.717, 1.165) is 10.0 Å². The van der Waals surface area contributed by atoms with Gasteiger partial charge in [-0.1, -0.05) is 42.5 Å². The maximum atomic E-state index is 13.3. The molecule has 0 spiro atoms. The molecule has 0 aliphatic carbocycles. The van der Waals surface area contributed by atoms with Crippen molar-refractivity contribution in [1.29, 1.82) is 0 Å². The molecule has 0 saturated carbocycles. The Labute approximate surface area is 303 Å². The summed E-state index contributed by atoms with van der Waals surface area (Å²) in [6.45, 7) is 1.74. The number of benzene rings is 4. The number of nitrogens with zero attached hydrogens (tertiary/aromatic N) is 8. The van der Waals surface area contributed by atoms with E-state index in [1.807, 2.05) is 0 Å². The van der Waals surface area contributed by atoms with Gasteiger partial charge in [-0.2, -0.15) is 40.7 Å². The third kappa shape index (κ3) is 7.37. The average molecular weight is 717 g/mol. The number of hydrogen-bond acceptors (Lipinski definition) is 14. The van der Waals surface area contributed by atoms with Crippen LogP contribution in [0.25, 0.3) is 11.1 Å². The largest absolute Gasteiger partial charge is 0.496 e. The van der Waals surface area contributed by atoms with Gasteiger partial charge in [0, 0.05) is 11.6 Å². The molecule has 0 saturated heterocycles. The first kappa shape index (κ1) is 35.7. The molecule has 0 N–H and O–H groups in total. The molecule has 2 atom stereocenters.